The van der Waals surface area contributed by atoms with Crippen LogP contribution in [0.4, 0.5) is 0 Å². The zero-order valence-electron chi connectivity index (χ0n) is 15.2. The maximum Gasteiger partial charge on any atom is 0.237 e. The molecular formula is C19H25N3O4. The lowest BCUT2D eigenvalue weighted by Crippen LogP contribution is -2.59. The molecule has 0 aliphatic carbocycles. The number of aliphatic hydroxyl groups excluding tert-OH is 2. The van der Waals surface area contributed by atoms with E-state index >= 15 is 0 Å². The number of carbonyl (C=O) groups is 1. The number of hydrogen-bond donors (Lipinski definition) is 2. The molecule has 3 rings (SSSR count). The number of aliphatic hydroxyl groups is 2. The molecule has 2 aliphatic rings. The first kappa shape index (κ1) is 18.6. The quantitative estimate of drug-likeness (QED) is 0.820. The van der Waals surface area contributed by atoms with Gasteiger partial charge in [-0.3, -0.25) is 9.69 Å². The molecule has 0 bridgehead atoms. The Morgan fingerprint density at radius 3 is 2.81 bits per heavy atom. The predicted octanol–water partition coefficient (Wildman–Crippen LogP) is 0.658. The fraction of sp³-hybridized carbons (Fsp3) is 0.579. The number of rotatable bonds is 4. The highest BCUT2D eigenvalue weighted by molar-refractivity contribution is 5.80. The van der Waals surface area contributed by atoms with Crippen molar-refractivity contribution in [1.29, 1.82) is 5.26 Å². The molecule has 1 fully saturated rings. The van der Waals surface area contributed by atoms with Gasteiger partial charge in [0.05, 0.1) is 24.2 Å². The minimum Gasteiger partial charge on any atom is -0.485 e. The molecule has 0 unspecified atom stereocenters. The summed E-state index contributed by atoms with van der Waals surface area (Å²) in [7, 11) is 0. The van der Waals surface area contributed by atoms with E-state index in [1.165, 1.54) is 0 Å². The summed E-state index contributed by atoms with van der Waals surface area (Å²) in [4.78, 5) is 16.5. The number of nitriles is 1. The molecular weight excluding hydrogens is 334 g/mol. The normalized spacial score (nSPS) is 25.3. The van der Waals surface area contributed by atoms with Crippen molar-refractivity contribution < 1.29 is 19.7 Å². The molecule has 0 radical (unpaired) electrons. The molecule has 2 aliphatic heterocycles. The van der Waals surface area contributed by atoms with Gasteiger partial charge in [0.2, 0.25) is 5.91 Å². The Labute approximate surface area is 153 Å². The largest absolute Gasteiger partial charge is 0.485 e. The van der Waals surface area contributed by atoms with Crippen molar-refractivity contribution in [3.8, 4) is 11.8 Å². The first-order valence-electron chi connectivity index (χ1n) is 8.91. The van der Waals surface area contributed by atoms with Crippen LogP contribution in [0.2, 0.25) is 0 Å². The van der Waals surface area contributed by atoms with Crippen LogP contribution < -0.4 is 4.74 Å². The Balaban J connectivity index is 1.91. The van der Waals surface area contributed by atoms with E-state index in [0.717, 1.165) is 0 Å². The van der Waals surface area contributed by atoms with Crippen LogP contribution in [0.5, 0.6) is 5.75 Å². The summed E-state index contributed by atoms with van der Waals surface area (Å²) < 4.78 is 5.93. The highest BCUT2D eigenvalue weighted by Crippen LogP contribution is 2.43. The summed E-state index contributed by atoms with van der Waals surface area (Å²) in [5, 5.41) is 29.1. The summed E-state index contributed by atoms with van der Waals surface area (Å²) in [6.45, 7) is 5.81. The van der Waals surface area contributed by atoms with Crippen molar-refractivity contribution in [3.05, 3.63) is 29.3 Å². The Hall–Kier alpha value is -2.14. The molecule has 1 aromatic carbocycles. The number of piperazine rings is 1. The Morgan fingerprint density at radius 1 is 1.38 bits per heavy atom. The van der Waals surface area contributed by atoms with E-state index in [2.05, 4.69) is 6.07 Å². The molecule has 140 valence electrons. The van der Waals surface area contributed by atoms with E-state index in [1.807, 2.05) is 4.90 Å². The average Bonchev–Trinajstić information content (AvgIpc) is 2.61. The molecule has 2 heterocycles. The van der Waals surface area contributed by atoms with E-state index in [1.54, 1.807) is 36.9 Å². The third-order valence-corrected chi connectivity index (χ3v) is 5.15. The predicted molar refractivity (Wildman–Crippen MR) is 94.5 cm³/mol. The summed E-state index contributed by atoms with van der Waals surface area (Å²) >= 11 is 0. The van der Waals surface area contributed by atoms with Crippen LogP contribution in [0.15, 0.2) is 18.2 Å². The van der Waals surface area contributed by atoms with Crippen LogP contribution in [-0.2, 0) is 4.79 Å². The molecule has 26 heavy (non-hydrogen) atoms. The van der Waals surface area contributed by atoms with Gasteiger partial charge in [-0.25, -0.2) is 0 Å². The third kappa shape index (κ3) is 3.40. The SMILES string of the molecule is CC1(C)Oc2ccc(C#N)cc2[C@@H](N2CCN(CCCO)CC2=O)[C@@H]1O. The first-order chi connectivity index (χ1) is 12.4. The zero-order valence-corrected chi connectivity index (χ0v) is 15.2. The van der Waals surface area contributed by atoms with E-state index < -0.39 is 17.7 Å². The molecule has 1 amide bonds. The fourth-order valence-corrected chi connectivity index (χ4v) is 3.69. The van der Waals surface area contributed by atoms with Crippen molar-refractivity contribution in [2.24, 2.45) is 0 Å². The van der Waals surface area contributed by atoms with Gasteiger partial charge < -0.3 is 19.8 Å². The zero-order chi connectivity index (χ0) is 18.9. The Morgan fingerprint density at radius 2 is 2.15 bits per heavy atom. The third-order valence-electron chi connectivity index (χ3n) is 5.15. The molecule has 7 nitrogen and oxygen atoms in total. The van der Waals surface area contributed by atoms with Gasteiger partial charge in [-0.2, -0.15) is 5.26 Å². The van der Waals surface area contributed by atoms with Crippen molar-refractivity contribution in [2.75, 3.05) is 32.8 Å². The van der Waals surface area contributed by atoms with Crippen molar-refractivity contribution in [3.63, 3.8) is 0 Å². The van der Waals surface area contributed by atoms with Gasteiger partial charge in [0.15, 0.2) is 0 Å². The number of benzene rings is 1. The summed E-state index contributed by atoms with van der Waals surface area (Å²) in [5.41, 5.74) is 0.298. The number of nitrogens with zero attached hydrogens (tertiary/aromatic N) is 3. The maximum atomic E-state index is 12.8. The highest BCUT2D eigenvalue weighted by Gasteiger charge is 2.47. The standard InChI is InChI=1S/C19H25N3O4/c1-19(2)18(25)17(14-10-13(11-20)4-5-15(14)26-19)22-8-7-21(6-3-9-23)12-16(22)24/h4-5,10,17-18,23,25H,3,6-9,12H2,1-2H3/t17-,18+/m1/s1. The lowest BCUT2D eigenvalue weighted by Gasteiger charge is -2.48. The molecule has 1 saturated heterocycles. The second-order valence-electron chi connectivity index (χ2n) is 7.40. The highest BCUT2D eigenvalue weighted by atomic mass is 16.5. The van der Waals surface area contributed by atoms with Gasteiger partial charge in [0.1, 0.15) is 17.5 Å². The molecule has 1 aromatic rings. The lowest BCUT2D eigenvalue weighted by molar-refractivity contribution is -0.150. The van der Waals surface area contributed by atoms with Crippen LogP contribution in [0.1, 0.15) is 37.4 Å². The van der Waals surface area contributed by atoms with Gasteiger partial charge >= 0.3 is 0 Å². The van der Waals surface area contributed by atoms with Gasteiger partial charge in [-0.15, -0.1) is 0 Å². The van der Waals surface area contributed by atoms with Crippen LogP contribution in [0, 0.1) is 11.3 Å². The number of fused-ring (bicyclic) bond motifs is 1. The van der Waals surface area contributed by atoms with Crippen LogP contribution in [0.3, 0.4) is 0 Å². The minimum atomic E-state index is -0.906. The van der Waals surface area contributed by atoms with Gasteiger partial charge in [-0.05, 0) is 38.5 Å². The fourth-order valence-electron chi connectivity index (χ4n) is 3.69. The van der Waals surface area contributed by atoms with Crippen LogP contribution in [-0.4, -0.2) is 70.4 Å². The average molecular weight is 359 g/mol. The number of hydrogen-bond acceptors (Lipinski definition) is 6. The van der Waals surface area contributed by atoms with E-state index in [9.17, 15) is 15.2 Å². The Bertz CT molecular complexity index is 728. The van der Waals surface area contributed by atoms with Crippen molar-refractivity contribution in [1.82, 2.24) is 9.80 Å². The molecule has 2 atom stereocenters. The van der Waals surface area contributed by atoms with Gasteiger partial charge in [-0.1, -0.05) is 0 Å². The Kier molecular flexibility index (Phi) is 5.19. The minimum absolute atomic E-state index is 0.0655. The van der Waals surface area contributed by atoms with Gasteiger partial charge in [0, 0.05) is 31.8 Å². The lowest BCUT2D eigenvalue weighted by atomic mass is 9.84. The first-order valence-corrected chi connectivity index (χ1v) is 8.91. The summed E-state index contributed by atoms with van der Waals surface area (Å²) in [6, 6.07) is 6.67. The smallest absolute Gasteiger partial charge is 0.237 e. The topological polar surface area (TPSA) is 97.0 Å². The molecule has 0 aromatic heterocycles. The summed E-state index contributed by atoms with van der Waals surface area (Å²) in [6.07, 6.45) is -0.272. The second kappa shape index (κ2) is 7.23. The molecule has 0 saturated carbocycles. The molecule has 2 N–H and O–H groups in total. The number of amides is 1. The molecule has 0 spiro atoms. The van der Waals surface area contributed by atoms with Crippen LogP contribution >= 0.6 is 0 Å². The van der Waals surface area contributed by atoms with E-state index in [0.29, 0.717) is 42.9 Å². The monoisotopic (exact) mass is 359 g/mol. The van der Waals surface area contributed by atoms with Gasteiger partial charge in [0.25, 0.3) is 0 Å². The second-order valence-corrected chi connectivity index (χ2v) is 7.40. The number of ether oxygens (including phenoxy) is 1. The van der Waals surface area contributed by atoms with E-state index in [4.69, 9.17) is 9.84 Å². The van der Waals surface area contributed by atoms with E-state index in [-0.39, 0.29) is 19.1 Å². The maximum absolute atomic E-state index is 12.8. The number of carbonyl (C=O) groups excluding carboxylic acids is 1. The van der Waals surface area contributed by atoms with Crippen molar-refractivity contribution >= 4 is 5.91 Å². The summed E-state index contributed by atoms with van der Waals surface area (Å²) in [5.74, 6) is 0.532. The molecule has 7 heteroatoms. The van der Waals surface area contributed by atoms with Crippen molar-refractivity contribution in [2.45, 2.75) is 38.0 Å². The van der Waals surface area contributed by atoms with Crippen LogP contribution in [0.25, 0.3) is 0 Å².